The van der Waals surface area contributed by atoms with E-state index in [-0.39, 0.29) is 11.0 Å². The average Bonchev–Trinajstić information content (AvgIpc) is 2.82. The van der Waals surface area contributed by atoms with E-state index in [0.717, 1.165) is 41.8 Å². The van der Waals surface area contributed by atoms with E-state index in [4.69, 9.17) is 4.74 Å². The number of aryl methyl sites for hydroxylation is 1. The number of halogens is 3. The zero-order valence-electron chi connectivity index (χ0n) is 19.0. The molecule has 0 radical (unpaired) electrons. The van der Waals surface area contributed by atoms with Crippen molar-refractivity contribution >= 4 is 15.8 Å². The van der Waals surface area contributed by atoms with Gasteiger partial charge in [-0.25, -0.2) is 0 Å². The van der Waals surface area contributed by atoms with Crippen molar-refractivity contribution in [2.24, 2.45) is 0 Å². The largest absolute Gasteiger partial charge is 0.416 e. The Kier molecular flexibility index (Phi) is 7.16. The summed E-state index contributed by atoms with van der Waals surface area (Å²) in [6, 6.07) is 13.3. The standard InChI is InChI=1S/C25H25F3N2O4S/c1-17-2-9-24(35(31,32)33)22(14-17)23-8-3-18(15-29-23)16-34-21-10-12-30(13-11-21)20-6-4-19(5-7-20)25(26,27)28/h2-9,14-15,21H,10-13,16H2,1H3,(H,31,32,33). The number of ether oxygens (including phenoxy) is 1. The Morgan fingerprint density at radius 2 is 1.74 bits per heavy atom. The van der Waals surface area contributed by atoms with Gasteiger partial charge in [0.15, 0.2) is 0 Å². The third kappa shape index (κ3) is 6.19. The van der Waals surface area contributed by atoms with Crippen LogP contribution in [0.3, 0.4) is 0 Å². The van der Waals surface area contributed by atoms with Gasteiger partial charge in [-0.2, -0.15) is 21.6 Å². The molecule has 2 heterocycles. The number of hydrogen-bond donors (Lipinski definition) is 1. The van der Waals surface area contributed by atoms with E-state index >= 15 is 0 Å². The summed E-state index contributed by atoms with van der Waals surface area (Å²) in [5.41, 5.74) is 2.52. The highest BCUT2D eigenvalue weighted by Gasteiger charge is 2.30. The van der Waals surface area contributed by atoms with Crippen molar-refractivity contribution in [3.63, 3.8) is 0 Å². The zero-order chi connectivity index (χ0) is 25.2. The molecule has 2 aromatic carbocycles. The van der Waals surface area contributed by atoms with Crippen LogP contribution in [0.2, 0.25) is 0 Å². The van der Waals surface area contributed by atoms with Gasteiger partial charge in [0.05, 0.1) is 24.0 Å². The highest BCUT2D eigenvalue weighted by Crippen LogP contribution is 2.31. The van der Waals surface area contributed by atoms with Gasteiger partial charge in [-0.3, -0.25) is 9.54 Å². The van der Waals surface area contributed by atoms with Gasteiger partial charge in [0.25, 0.3) is 10.1 Å². The number of rotatable bonds is 6. The van der Waals surface area contributed by atoms with Crippen LogP contribution in [0.15, 0.2) is 65.7 Å². The summed E-state index contributed by atoms with van der Waals surface area (Å²) in [7, 11) is -4.39. The van der Waals surface area contributed by atoms with E-state index in [1.54, 1.807) is 30.5 Å². The second-order valence-corrected chi connectivity index (χ2v) is 9.96. The number of anilines is 1. The first-order chi connectivity index (χ1) is 16.5. The molecule has 0 unspecified atom stereocenters. The lowest BCUT2D eigenvalue weighted by molar-refractivity contribution is -0.137. The maximum atomic E-state index is 12.8. The quantitative estimate of drug-likeness (QED) is 0.444. The van der Waals surface area contributed by atoms with Gasteiger partial charge in [0, 0.05) is 30.5 Å². The molecule has 0 atom stereocenters. The van der Waals surface area contributed by atoms with Gasteiger partial charge >= 0.3 is 6.18 Å². The Morgan fingerprint density at radius 3 is 2.31 bits per heavy atom. The second kappa shape index (κ2) is 9.96. The van der Waals surface area contributed by atoms with Gasteiger partial charge in [-0.15, -0.1) is 0 Å². The molecule has 186 valence electrons. The van der Waals surface area contributed by atoms with Crippen molar-refractivity contribution in [2.45, 2.75) is 43.5 Å². The van der Waals surface area contributed by atoms with Crippen LogP contribution in [-0.2, 0) is 27.6 Å². The first-order valence-electron chi connectivity index (χ1n) is 11.1. The Balaban J connectivity index is 1.33. The molecule has 1 aromatic heterocycles. The smallest absolute Gasteiger partial charge is 0.373 e. The summed E-state index contributed by atoms with van der Waals surface area (Å²) in [6.45, 7) is 3.51. The Bertz CT molecular complexity index is 1270. The van der Waals surface area contributed by atoms with Crippen LogP contribution in [0, 0.1) is 6.92 Å². The highest BCUT2D eigenvalue weighted by molar-refractivity contribution is 7.86. The van der Waals surface area contributed by atoms with E-state index in [1.165, 1.54) is 18.2 Å². The molecule has 10 heteroatoms. The molecule has 1 fully saturated rings. The van der Waals surface area contributed by atoms with Crippen LogP contribution in [-0.4, -0.2) is 37.1 Å². The third-order valence-corrected chi connectivity index (χ3v) is 6.91. The Labute approximate surface area is 202 Å². The predicted octanol–water partition coefficient (Wildman–Crippen LogP) is 5.51. The molecule has 35 heavy (non-hydrogen) atoms. The van der Waals surface area contributed by atoms with E-state index in [1.807, 2.05) is 11.8 Å². The lowest BCUT2D eigenvalue weighted by Gasteiger charge is -2.33. The van der Waals surface area contributed by atoms with Gasteiger partial charge in [0.2, 0.25) is 0 Å². The van der Waals surface area contributed by atoms with Gasteiger partial charge in [-0.1, -0.05) is 17.7 Å². The number of aromatic nitrogens is 1. The Morgan fingerprint density at radius 1 is 1.06 bits per heavy atom. The number of hydrogen-bond acceptors (Lipinski definition) is 5. The molecule has 0 aliphatic carbocycles. The summed E-state index contributed by atoms with van der Waals surface area (Å²) in [5.74, 6) is 0. The lowest BCUT2D eigenvalue weighted by Crippen LogP contribution is -2.37. The highest BCUT2D eigenvalue weighted by atomic mass is 32.2. The number of benzene rings is 2. The van der Waals surface area contributed by atoms with E-state index in [2.05, 4.69) is 4.98 Å². The summed E-state index contributed by atoms with van der Waals surface area (Å²) < 4.78 is 77.2. The van der Waals surface area contributed by atoms with Crippen LogP contribution in [0.25, 0.3) is 11.3 Å². The van der Waals surface area contributed by atoms with Crippen molar-refractivity contribution < 1.29 is 30.9 Å². The summed E-state index contributed by atoms with van der Waals surface area (Å²) >= 11 is 0. The topological polar surface area (TPSA) is 79.7 Å². The molecule has 4 rings (SSSR count). The molecule has 0 spiro atoms. The van der Waals surface area contributed by atoms with Gasteiger partial charge in [-0.05, 0) is 67.8 Å². The number of pyridine rings is 1. The minimum atomic E-state index is -4.39. The molecule has 1 N–H and O–H groups in total. The molecular formula is C25H25F3N2O4S. The summed E-state index contributed by atoms with van der Waals surface area (Å²) in [4.78, 5) is 6.21. The van der Waals surface area contributed by atoms with Crippen LogP contribution in [0.5, 0.6) is 0 Å². The van der Waals surface area contributed by atoms with E-state index in [9.17, 15) is 26.1 Å². The van der Waals surface area contributed by atoms with Crippen molar-refractivity contribution in [3.8, 4) is 11.3 Å². The van der Waals surface area contributed by atoms with Crippen LogP contribution in [0.1, 0.15) is 29.5 Å². The second-order valence-electron chi connectivity index (χ2n) is 8.57. The molecule has 1 saturated heterocycles. The van der Waals surface area contributed by atoms with Crippen LogP contribution in [0.4, 0.5) is 18.9 Å². The number of nitrogens with zero attached hydrogens (tertiary/aromatic N) is 2. The van der Waals surface area contributed by atoms with Crippen molar-refractivity contribution in [1.82, 2.24) is 4.98 Å². The van der Waals surface area contributed by atoms with Crippen LogP contribution >= 0.6 is 0 Å². The maximum absolute atomic E-state index is 12.8. The van der Waals surface area contributed by atoms with E-state index in [0.29, 0.717) is 31.0 Å². The normalized spacial score (nSPS) is 15.4. The van der Waals surface area contributed by atoms with Gasteiger partial charge in [0.1, 0.15) is 4.90 Å². The average molecular weight is 507 g/mol. The van der Waals surface area contributed by atoms with E-state index < -0.39 is 21.9 Å². The molecule has 6 nitrogen and oxygen atoms in total. The number of piperidine rings is 1. The fourth-order valence-electron chi connectivity index (χ4n) is 4.09. The fraction of sp³-hybridized carbons (Fsp3) is 0.320. The van der Waals surface area contributed by atoms with Crippen molar-refractivity contribution in [3.05, 3.63) is 77.5 Å². The zero-order valence-corrected chi connectivity index (χ0v) is 19.8. The monoisotopic (exact) mass is 506 g/mol. The van der Waals surface area contributed by atoms with Gasteiger partial charge < -0.3 is 9.64 Å². The molecule has 1 aliphatic heterocycles. The SMILES string of the molecule is Cc1ccc(S(=O)(=O)O)c(-c2ccc(COC3CCN(c4ccc(C(F)(F)F)cc4)CC3)cn2)c1. The molecule has 0 amide bonds. The Hall–Kier alpha value is -2.95. The fourth-order valence-corrected chi connectivity index (χ4v) is 4.78. The first kappa shape index (κ1) is 25.2. The third-order valence-electron chi connectivity index (χ3n) is 6.00. The van der Waals surface area contributed by atoms with Crippen LogP contribution < -0.4 is 4.90 Å². The van der Waals surface area contributed by atoms with Crippen molar-refractivity contribution in [2.75, 3.05) is 18.0 Å². The summed E-state index contributed by atoms with van der Waals surface area (Å²) in [5, 5.41) is 0. The minimum absolute atomic E-state index is 0.0169. The molecular weight excluding hydrogens is 481 g/mol. The minimum Gasteiger partial charge on any atom is -0.373 e. The molecule has 3 aromatic rings. The first-order valence-corrected chi connectivity index (χ1v) is 12.5. The summed E-state index contributed by atoms with van der Waals surface area (Å²) in [6.07, 6.45) is -1.22. The molecule has 1 aliphatic rings. The number of alkyl halides is 3. The lowest BCUT2D eigenvalue weighted by atomic mass is 10.1. The molecule has 0 saturated carbocycles. The van der Waals surface area contributed by atoms with Crippen molar-refractivity contribution in [1.29, 1.82) is 0 Å². The maximum Gasteiger partial charge on any atom is 0.416 e. The predicted molar refractivity (Wildman–Crippen MR) is 126 cm³/mol. The molecule has 0 bridgehead atoms.